The fourth-order valence-electron chi connectivity index (χ4n) is 2.69. The van der Waals surface area contributed by atoms with Crippen LogP contribution in [0.1, 0.15) is 38.2 Å². The molecule has 1 aromatic rings. The van der Waals surface area contributed by atoms with Crippen molar-refractivity contribution in [1.82, 2.24) is 5.32 Å². The molecule has 1 fully saturated rings. The summed E-state index contributed by atoms with van der Waals surface area (Å²) in [6.45, 7) is 2.95. The van der Waals surface area contributed by atoms with Gasteiger partial charge in [0.2, 0.25) is 5.91 Å². The molecule has 1 atom stereocenters. The molecule has 20 heavy (non-hydrogen) atoms. The maximum Gasteiger partial charge on any atom is 0.244 e. The smallest absolute Gasteiger partial charge is 0.244 e. The summed E-state index contributed by atoms with van der Waals surface area (Å²) < 4.78 is 0. The van der Waals surface area contributed by atoms with Gasteiger partial charge < -0.3 is 10.6 Å². The number of benzene rings is 1. The highest BCUT2D eigenvalue weighted by Crippen LogP contribution is 2.27. The fraction of sp³-hybridized carbons (Fsp3) is 0.467. The fourth-order valence-corrected chi connectivity index (χ4v) is 2.85. The van der Waals surface area contributed by atoms with E-state index in [1.807, 2.05) is 6.07 Å². The van der Waals surface area contributed by atoms with Crippen LogP contribution in [0.2, 0.25) is 5.02 Å². The number of carbonyl (C=O) groups excluding carboxylic acids is 1. The number of amides is 1. The van der Waals surface area contributed by atoms with E-state index in [2.05, 4.69) is 17.6 Å². The lowest BCUT2D eigenvalue weighted by atomic mass is 9.90. The zero-order valence-electron chi connectivity index (χ0n) is 11.5. The summed E-state index contributed by atoms with van der Waals surface area (Å²) in [5.74, 6) is -0.0249. The molecule has 1 saturated heterocycles. The summed E-state index contributed by atoms with van der Waals surface area (Å²) in [6.07, 6.45) is 3.63. The van der Waals surface area contributed by atoms with Gasteiger partial charge in [-0.1, -0.05) is 24.9 Å². The van der Waals surface area contributed by atoms with Crippen molar-refractivity contribution in [1.29, 1.82) is 5.26 Å². The van der Waals surface area contributed by atoms with E-state index < -0.39 is 5.54 Å². The number of rotatable bonds is 4. The Kier molecular flexibility index (Phi) is 4.64. The normalized spacial score (nSPS) is 21.4. The molecule has 0 spiro atoms. The maximum atomic E-state index is 12.5. The molecule has 4 nitrogen and oxygen atoms in total. The third-order valence-electron chi connectivity index (χ3n) is 3.70. The average Bonchev–Trinajstić information content (AvgIpc) is 2.91. The molecule has 1 heterocycles. The highest BCUT2D eigenvalue weighted by atomic mass is 35.5. The Hall–Kier alpha value is -1.57. The first-order valence-corrected chi connectivity index (χ1v) is 7.25. The van der Waals surface area contributed by atoms with Gasteiger partial charge in [0.25, 0.3) is 0 Å². The quantitative estimate of drug-likeness (QED) is 0.896. The van der Waals surface area contributed by atoms with Gasteiger partial charge in [-0.3, -0.25) is 4.79 Å². The van der Waals surface area contributed by atoms with E-state index in [4.69, 9.17) is 16.9 Å². The largest absolute Gasteiger partial charge is 0.324 e. The van der Waals surface area contributed by atoms with Crippen LogP contribution < -0.4 is 10.6 Å². The van der Waals surface area contributed by atoms with Crippen LogP contribution in [0.15, 0.2) is 18.2 Å². The lowest BCUT2D eigenvalue weighted by molar-refractivity contribution is -0.122. The van der Waals surface area contributed by atoms with Gasteiger partial charge >= 0.3 is 0 Å². The summed E-state index contributed by atoms with van der Waals surface area (Å²) in [7, 11) is 0. The van der Waals surface area contributed by atoms with Crippen molar-refractivity contribution < 1.29 is 4.79 Å². The number of nitrogens with one attached hydrogen (secondary N) is 2. The lowest BCUT2D eigenvalue weighted by Gasteiger charge is -2.27. The second-order valence-corrected chi connectivity index (χ2v) is 5.53. The van der Waals surface area contributed by atoms with E-state index in [1.54, 1.807) is 18.2 Å². The molecule has 1 aliphatic heterocycles. The van der Waals surface area contributed by atoms with Crippen LogP contribution >= 0.6 is 11.6 Å². The van der Waals surface area contributed by atoms with Gasteiger partial charge in [0, 0.05) is 5.69 Å². The SMILES string of the molecule is CCCC1(C(=O)Nc2ccc(Cl)c(C#N)c2)CCCN1. The minimum Gasteiger partial charge on any atom is -0.324 e. The molecule has 2 rings (SSSR count). The van der Waals surface area contributed by atoms with Crippen LogP contribution in [0.5, 0.6) is 0 Å². The van der Waals surface area contributed by atoms with Crippen LogP contribution in [0.4, 0.5) is 5.69 Å². The molecule has 0 bridgehead atoms. The lowest BCUT2D eigenvalue weighted by Crippen LogP contribution is -2.50. The number of halogens is 1. The first-order valence-electron chi connectivity index (χ1n) is 6.87. The van der Waals surface area contributed by atoms with Crippen molar-refractivity contribution in [2.24, 2.45) is 0 Å². The van der Waals surface area contributed by atoms with Crippen molar-refractivity contribution in [2.75, 3.05) is 11.9 Å². The second-order valence-electron chi connectivity index (χ2n) is 5.12. The maximum absolute atomic E-state index is 12.5. The molecule has 5 heteroatoms. The van der Waals surface area contributed by atoms with Gasteiger partial charge in [0.05, 0.1) is 16.1 Å². The third-order valence-corrected chi connectivity index (χ3v) is 4.03. The molecular weight excluding hydrogens is 274 g/mol. The molecule has 106 valence electrons. The van der Waals surface area contributed by atoms with Gasteiger partial charge in [0.15, 0.2) is 0 Å². The molecule has 0 saturated carbocycles. The minimum atomic E-state index is -0.471. The Labute approximate surface area is 124 Å². The van der Waals surface area contributed by atoms with Crippen molar-refractivity contribution >= 4 is 23.2 Å². The Balaban J connectivity index is 2.16. The summed E-state index contributed by atoms with van der Waals surface area (Å²) in [6, 6.07) is 6.97. The number of nitriles is 1. The average molecular weight is 292 g/mol. The van der Waals surface area contributed by atoms with E-state index in [0.717, 1.165) is 32.2 Å². The molecule has 1 unspecified atom stereocenters. The molecule has 1 aromatic carbocycles. The number of anilines is 1. The molecule has 1 amide bonds. The Morgan fingerprint density at radius 2 is 2.40 bits per heavy atom. The Bertz CT molecular complexity index is 545. The highest BCUT2D eigenvalue weighted by molar-refractivity contribution is 6.31. The Morgan fingerprint density at radius 1 is 1.60 bits per heavy atom. The molecular formula is C15H18ClN3O. The first kappa shape index (κ1) is 14.8. The van der Waals surface area contributed by atoms with Gasteiger partial charge in [-0.2, -0.15) is 5.26 Å². The van der Waals surface area contributed by atoms with Crippen LogP contribution in [0.3, 0.4) is 0 Å². The minimum absolute atomic E-state index is 0.0249. The molecule has 0 aliphatic carbocycles. The molecule has 2 N–H and O–H groups in total. The van der Waals surface area contributed by atoms with E-state index in [0.29, 0.717) is 16.3 Å². The van der Waals surface area contributed by atoms with Crippen molar-refractivity contribution in [3.63, 3.8) is 0 Å². The van der Waals surface area contributed by atoms with Crippen LogP contribution in [0, 0.1) is 11.3 Å². The van der Waals surface area contributed by atoms with E-state index >= 15 is 0 Å². The summed E-state index contributed by atoms with van der Waals surface area (Å²) in [5, 5.41) is 15.6. The Morgan fingerprint density at radius 3 is 3.00 bits per heavy atom. The summed E-state index contributed by atoms with van der Waals surface area (Å²) >= 11 is 5.89. The molecule has 1 aliphatic rings. The van der Waals surface area contributed by atoms with Gasteiger partial charge in [0.1, 0.15) is 6.07 Å². The number of nitrogens with zero attached hydrogens (tertiary/aromatic N) is 1. The number of carbonyl (C=O) groups is 1. The monoisotopic (exact) mass is 291 g/mol. The van der Waals surface area contributed by atoms with E-state index in [9.17, 15) is 4.79 Å². The highest BCUT2D eigenvalue weighted by Gasteiger charge is 2.39. The van der Waals surface area contributed by atoms with Crippen molar-refractivity contribution in [3.05, 3.63) is 28.8 Å². The van der Waals surface area contributed by atoms with Gasteiger partial charge in [-0.25, -0.2) is 0 Å². The van der Waals surface area contributed by atoms with Gasteiger partial charge in [-0.15, -0.1) is 0 Å². The van der Waals surface area contributed by atoms with E-state index in [-0.39, 0.29) is 5.91 Å². The van der Waals surface area contributed by atoms with Crippen LogP contribution in [-0.4, -0.2) is 18.0 Å². The zero-order chi connectivity index (χ0) is 14.6. The summed E-state index contributed by atoms with van der Waals surface area (Å²) in [5.41, 5.74) is 0.509. The topological polar surface area (TPSA) is 64.9 Å². The van der Waals surface area contributed by atoms with Crippen molar-refractivity contribution in [3.8, 4) is 6.07 Å². The predicted octanol–water partition coefficient (Wildman–Crippen LogP) is 3.07. The first-order chi connectivity index (χ1) is 9.61. The number of hydrogen-bond acceptors (Lipinski definition) is 3. The molecule has 0 radical (unpaired) electrons. The predicted molar refractivity (Wildman–Crippen MR) is 79.7 cm³/mol. The van der Waals surface area contributed by atoms with E-state index in [1.165, 1.54) is 0 Å². The third kappa shape index (κ3) is 2.95. The summed E-state index contributed by atoms with van der Waals surface area (Å²) in [4.78, 5) is 12.5. The molecule has 0 aromatic heterocycles. The van der Waals surface area contributed by atoms with Crippen LogP contribution in [-0.2, 0) is 4.79 Å². The van der Waals surface area contributed by atoms with Crippen LogP contribution in [0.25, 0.3) is 0 Å². The van der Waals surface area contributed by atoms with Gasteiger partial charge in [-0.05, 0) is 44.0 Å². The zero-order valence-corrected chi connectivity index (χ0v) is 12.3. The standard InChI is InChI=1S/C15H18ClN3O/c1-2-6-15(7-3-8-18-15)14(20)19-12-4-5-13(16)11(9-12)10-17/h4-5,9,18H,2-3,6-8H2,1H3,(H,19,20). The number of hydrogen-bond donors (Lipinski definition) is 2. The van der Waals surface area contributed by atoms with Crippen molar-refractivity contribution in [2.45, 2.75) is 38.1 Å². The second kappa shape index (κ2) is 6.25.